The van der Waals surface area contributed by atoms with Crippen LogP contribution in [0.25, 0.3) is 0 Å². The standard InChI is InChI=1S/C19H29N5O3/c1-21(2)18(26)24-10-8-19(14-24)13-22(3)12-16(27-19)17(25)23(4)11-15-7-5-6-9-20-15/h5-7,9,16H,8,10-14H2,1-4H3/t16-,19+/m1/s1. The fraction of sp³-hybridized carbons (Fsp3) is 0.632. The van der Waals surface area contributed by atoms with Crippen molar-refractivity contribution in [3.05, 3.63) is 30.1 Å². The number of ether oxygens (including phenoxy) is 1. The average molecular weight is 375 g/mol. The van der Waals surface area contributed by atoms with Gasteiger partial charge in [0.15, 0.2) is 0 Å². The van der Waals surface area contributed by atoms with E-state index in [1.165, 1.54) is 0 Å². The van der Waals surface area contributed by atoms with Gasteiger partial charge in [0.2, 0.25) is 0 Å². The molecule has 0 aromatic carbocycles. The highest BCUT2D eigenvalue weighted by molar-refractivity contribution is 5.81. The first-order valence-corrected chi connectivity index (χ1v) is 9.27. The average Bonchev–Trinajstić information content (AvgIpc) is 3.03. The van der Waals surface area contributed by atoms with Crippen LogP contribution < -0.4 is 0 Å². The summed E-state index contributed by atoms with van der Waals surface area (Å²) in [6.45, 7) is 2.88. The van der Waals surface area contributed by atoms with E-state index in [0.29, 0.717) is 26.2 Å². The molecule has 0 bridgehead atoms. The third-order valence-corrected chi connectivity index (χ3v) is 5.17. The number of hydrogen-bond donors (Lipinski definition) is 0. The monoisotopic (exact) mass is 375 g/mol. The number of likely N-dealkylation sites (tertiary alicyclic amines) is 1. The van der Waals surface area contributed by atoms with Gasteiger partial charge in [0.1, 0.15) is 11.7 Å². The first-order valence-electron chi connectivity index (χ1n) is 9.27. The number of carbonyl (C=O) groups excluding carboxylic acids is 2. The Kier molecular flexibility index (Phi) is 5.67. The molecule has 2 atom stereocenters. The topological polar surface area (TPSA) is 69.2 Å². The second-order valence-corrected chi connectivity index (χ2v) is 7.85. The van der Waals surface area contributed by atoms with Crippen LogP contribution in [0.4, 0.5) is 4.79 Å². The van der Waals surface area contributed by atoms with Crippen LogP contribution in [0.3, 0.4) is 0 Å². The molecule has 27 heavy (non-hydrogen) atoms. The molecule has 3 amide bonds. The molecule has 1 spiro atoms. The molecule has 0 N–H and O–H groups in total. The molecule has 1 aromatic rings. The van der Waals surface area contributed by atoms with Crippen LogP contribution in [0, 0.1) is 0 Å². The van der Waals surface area contributed by atoms with Crippen LogP contribution in [0.5, 0.6) is 0 Å². The van der Waals surface area contributed by atoms with Gasteiger partial charge in [-0.15, -0.1) is 0 Å². The summed E-state index contributed by atoms with van der Waals surface area (Å²) in [5.74, 6) is -0.0519. The molecule has 1 aromatic heterocycles. The highest BCUT2D eigenvalue weighted by Crippen LogP contribution is 2.32. The molecule has 3 rings (SSSR count). The number of aromatic nitrogens is 1. The van der Waals surface area contributed by atoms with Gasteiger partial charge in [-0.1, -0.05) is 6.07 Å². The normalized spacial score (nSPS) is 25.6. The number of rotatable bonds is 3. The van der Waals surface area contributed by atoms with Crippen molar-refractivity contribution in [3.63, 3.8) is 0 Å². The minimum Gasteiger partial charge on any atom is -0.357 e. The second-order valence-electron chi connectivity index (χ2n) is 7.85. The van der Waals surface area contributed by atoms with E-state index in [1.54, 1.807) is 42.0 Å². The van der Waals surface area contributed by atoms with Crippen LogP contribution in [-0.2, 0) is 16.1 Å². The van der Waals surface area contributed by atoms with Crippen molar-refractivity contribution in [2.75, 3.05) is 54.4 Å². The van der Waals surface area contributed by atoms with Gasteiger partial charge in [-0.05, 0) is 25.6 Å². The van der Waals surface area contributed by atoms with E-state index in [-0.39, 0.29) is 11.9 Å². The highest BCUT2D eigenvalue weighted by Gasteiger charge is 2.48. The van der Waals surface area contributed by atoms with Crippen LogP contribution in [0.15, 0.2) is 24.4 Å². The van der Waals surface area contributed by atoms with E-state index in [0.717, 1.165) is 18.7 Å². The predicted octanol–water partition coefficient (Wildman–Crippen LogP) is 0.497. The third kappa shape index (κ3) is 4.39. The van der Waals surface area contributed by atoms with Crippen molar-refractivity contribution in [1.29, 1.82) is 0 Å². The maximum Gasteiger partial charge on any atom is 0.319 e. The molecule has 2 aliphatic rings. The van der Waals surface area contributed by atoms with Gasteiger partial charge in [0.25, 0.3) is 5.91 Å². The Morgan fingerprint density at radius 2 is 2.07 bits per heavy atom. The molecular weight excluding hydrogens is 346 g/mol. The number of likely N-dealkylation sites (N-methyl/N-ethyl adjacent to an activating group) is 2. The summed E-state index contributed by atoms with van der Waals surface area (Å²) in [7, 11) is 7.28. The molecule has 0 radical (unpaired) electrons. The molecule has 2 aliphatic heterocycles. The molecule has 0 saturated carbocycles. The Bertz CT molecular complexity index is 683. The smallest absolute Gasteiger partial charge is 0.319 e. The Morgan fingerprint density at radius 1 is 1.30 bits per heavy atom. The maximum atomic E-state index is 13.0. The number of carbonyl (C=O) groups is 2. The van der Waals surface area contributed by atoms with Gasteiger partial charge in [0.05, 0.1) is 18.8 Å². The van der Waals surface area contributed by atoms with Gasteiger partial charge in [-0.2, -0.15) is 0 Å². The summed E-state index contributed by atoms with van der Waals surface area (Å²) in [6.07, 6.45) is 1.93. The predicted molar refractivity (Wildman–Crippen MR) is 101 cm³/mol. The molecule has 148 valence electrons. The van der Waals surface area contributed by atoms with Gasteiger partial charge in [0, 0.05) is 47.0 Å². The molecule has 0 unspecified atom stereocenters. The van der Waals surface area contributed by atoms with Crippen molar-refractivity contribution in [2.45, 2.75) is 24.7 Å². The van der Waals surface area contributed by atoms with E-state index in [9.17, 15) is 9.59 Å². The first-order chi connectivity index (χ1) is 12.8. The summed E-state index contributed by atoms with van der Waals surface area (Å²) >= 11 is 0. The fourth-order valence-corrected chi connectivity index (χ4v) is 3.92. The zero-order valence-electron chi connectivity index (χ0n) is 16.6. The van der Waals surface area contributed by atoms with E-state index in [1.807, 2.05) is 25.2 Å². The number of amides is 3. The summed E-state index contributed by atoms with van der Waals surface area (Å²) < 4.78 is 6.32. The number of hydrogen-bond acceptors (Lipinski definition) is 5. The minimum absolute atomic E-state index is 0.0150. The first kappa shape index (κ1) is 19.6. The lowest BCUT2D eigenvalue weighted by Crippen LogP contribution is -2.59. The molecule has 3 heterocycles. The Labute approximate surface area is 160 Å². The molecule has 0 aliphatic carbocycles. The molecule has 8 nitrogen and oxygen atoms in total. The molecule has 8 heteroatoms. The van der Waals surface area contributed by atoms with Crippen LogP contribution in [0.1, 0.15) is 12.1 Å². The van der Waals surface area contributed by atoms with Gasteiger partial charge < -0.3 is 24.3 Å². The Hall–Kier alpha value is -2.19. The van der Waals surface area contributed by atoms with E-state index < -0.39 is 11.7 Å². The second kappa shape index (κ2) is 7.82. The van der Waals surface area contributed by atoms with Gasteiger partial charge in [-0.25, -0.2) is 4.79 Å². The summed E-state index contributed by atoms with van der Waals surface area (Å²) in [4.78, 5) is 36.7. The minimum atomic E-state index is -0.535. The quantitative estimate of drug-likeness (QED) is 0.769. The van der Waals surface area contributed by atoms with Gasteiger partial charge >= 0.3 is 6.03 Å². The summed E-state index contributed by atoms with van der Waals surface area (Å²) in [5, 5.41) is 0. The summed E-state index contributed by atoms with van der Waals surface area (Å²) in [6, 6.07) is 5.66. The zero-order chi connectivity index (χ0) is 19.6. The van der Waals surface area contributed by atoms with E-state index in [2.05, 4.69) is 9.88 Å². The SMILES string of the molecule is CN1C[C@H](C(=O)N(C)Cc2ccccn2)O[C@@]2(CCN(C(=O)N(C)C)C2)C1. The van der Waals surface area contributed by atoms with Crippen molar-refractivity contribution in [2.24, 2.45) is 0 Å². The molecular formula is C19H29N5O3. The van der Waals surface area contributed by atoms with Crippen LogP contribution >= 0.6 is 0 Å². The number of nitrogens with zero attached hydrogens (tertiary/aromatic N) is 5. The number of pyridine rings is 1. The fourth-order valence-electron chi connectivity index (χ4n) is 3.92. The van der Waals surface area contributed by atoms with Crippen LogP contribution in [0.2, 0.25) is 0 Å². The Balaban J connectivity index is 1.66. The maximum absolute atomic E-state index is 13.0. The van der Waals surface area contributed by atoms with Crippen molar-refractivity contribution >= 4 is 11.9 Å². The van der Waals surface area contributed by atoms with E-state index in [4.69, 9.17) is 4.74 Å². The lowest BCUT2D eigenvalue weighted by molar-refractivity contribution is -0.174. The third-order valence-electron chi connectivity index (χ3n) is 5.17. The molecule has 2 saturated heterocycles. The van der Waals surface area contributed by atoms with Crippen LogP contribution in [-0.4, -0.2) is 103 Å². The largest absolute Gasteiger partial charge is 0.357 e. The van der Waals surface area contributed by atoms with Crippen molar-refractivity contribution in [1.82, 2.24) is 24.6 Å². The number of morpholine rings is 1. The summed E-state index contributed by atoms with van der Waals surface area (Å²) in [5.41, 5.74) is 0.362. The number of urea groups is 1. The molecule has 2 fully saturated rings. The lowest BCUT2D eigenvalue weighted by Gasteiger charge is -2.43. The Morgan fingerprint density at radius 3 is 2.74 bits per heavy atom. The van der Waals surface area contributed by atoms with E-state index >= 15 is 0 Å². The van der Waals surface area contributed by atoms with Gasteiger partial charge in [-0.3, -0.25) is 9.78 Å². The zero-order valence-corrected chi connectivity index (χ0v) is 16.6. The highest BCUT2D eigenvalue weighted by atomic mass is 16.5. The van der Waals surface area contributed by atoms with Crippen molar-refractivity contribution in [3.8, 4) is 0 Å². The van der Waals surface area contributed by atoms with Crippen molar-refractivity contribution < 1.29 is 14.3 Å². The lowest BCUT2D eigenvalue weighted by atomic mass is 9.99.